The molecule has 836 valence electrons. The van der Waals surface area contributed by atoms with E-state index in [4.69, 9.17) is 34.1 Å². The first-order chi connectivity index (χ1) is 70.7. The van der Waals surface area contributed by atoms with Gasteiger partial charge in [0, 0.05) is 32.5 Å². The van der Waals surface area contributed by atoms with E-state index in [9.17, 15) is 131 Å². The van der Waals surface area contributed by atoms with Gasteiger partial charge >= 0.3 is 11.9 Å². The van der Waals surface area contributed by atoms with E-state index in [-0.39, 0.29) is 126 Å². The van der Waals surface area contributed by atoms with Crippen LogP contribution in [0, 0.1) is 35.0 Å². The van der Waals surface area contributed by atoms with Crippen molar-refractivity contribution in [2.75, 3.05) is 59.0 Å². The molecule has 0 saturated carbocycles. The predicted molar refractivity (Wildman–Crippen MR) is 542 cm³/mol. The fraction of sp³-hybridized carbons (Fsp3) is 0.639. The normalized spacial score (nSPS) is 16.5. The number of unbranched alkanes of at least 4 members (excludes halogenated alkanes) is 2. The van der Waals surface area contributed by atoms with Crippen LogP contribution >= 0.6 is 0 Å². The zero-order valence-electron chi connectivity index (χ0n) is 87.1. The maximum atomic E-state index is 14.8. The van der Waals surface area contributed by atoms with Crippen molar-refractivity contribution in [3.8, 4) is 11.5 Å². The van der Waals surface area contributed by atoms with E-state index in [1.54, 1.807) is 55.4 Å². The highest BCUT2D eigenvalue weighted by atomic mass is 16.4. The number of nitrogens with two attached hydrogens (primary N) is 5. The average Bonchev–Trinajstić information content (AvgIpc) is 1.68. The first-order valence-corrected chi connectivity index (χ1v) is 50.4. The van der Waals surface area contributed by atoms with Crippen molar-refractivity contribution < 1.29 is 131 Å². The van der Waals surface area contributed by atoms with Gasteiger partial charge in [0.15, 0.2) is 5.96 Å². The Bertz CT molecular complexity index is 4950. The number of primary amides is 1. The molecule has 2 saturated heterocycles. The molecular weight excluding hydrogens is 1960 g/mol. The van der Waals surface area contributed by atoms with Crippen molar-refractivity contribution in [3.05, 3.63) is 59.7 Å². The third-order valence-electron chi connectivity index (χ3n) is 24.8. The summed E-state index contributed by atoms with van der Waals surface area (Å²) in [5.41, 5.74) is 28.8. The number of phenols is 2. The molecule has 4 rings (SSSR count). The van der Waals surface area contributed by atoms with Crippen molar-refractivity contribution in [2.45, 2.75) is 308 Å². The number of carboxylic acid groups (broad SMARTS) is 2. The third-order valence-corrected chi connectivity index (χ3v) is 24.8. The Balaban J connectivity index is 1.54. The van der Waals surface area contributed by atoms with Crippen LogP contribution in [0.25, 0.3) is 0 Å². The van der Waals surface area contributed by atoms with E-state index < -0.39 is 295 Å². The van der Waals surface area contributed by atoms with E-state index in [0.29, 0.717) is 50.6 Å². The summed E-state index contributed by atoms with van der Waals surface area (Å²) in [5.74, 6) is -25.7. The number of likely N-dealkylation sites (tertiary alicyclic amines) is 2. The summed E-state index contributed by atoms with van der Waals surface area (Å²) in [6.45, 7) is 16.5. The van der Waals surface area contributed by atoms with Gasteiger partial charge < -0.3 is 160 Å². The van der Waals surface area contributed by atoms with Crippen LogP contribution in [-0.2, 0) is 118 Å². The van der Waals surface area contributed by atoms with Gasteiger partial charge in [0.05, 0.1) is 39.1 Å². The molecule has 34 N–H and O–H groups in total. The number of carbonyl (C=O) groups is 22. The lowest BCUT2D eigenvalue weighted by molar-refractivity contribution is -0.146. The van der Waals surface area contributed by atoms with Crippen LogP contribution in [0.4, 0.5) is 0 Å². The summed E-state index contributed by atoms with van der Waals surface area (Å²) in [6.07, 6.45) is 0.0685. The second-order valence-electron chi connectivity index (χ2n) is 38.9. The smallest absolute Gasteiger partial charge is 0.328 e. The number of benzene rings is 2. The molecule has 2 aromatic rings. The summed E-state index contributed by atoms with van der Waals surface area (Å²) in [4.78, 5) is 307. The van der Waals surface area contributed by atoms with Crippen LogP contribution in [0.2, 0.25) is 0 Å². The molecule has 53 nitrogen and oxygen atoms in total. The van der Waals surface area contributed by atoms with Crippen LogP contribution in [0.1, 0.15) is 203 Å². The number of rotatable bonds is 66. The molecule has 2 heterocycles. The molecule has 2 fully saturated rings. The van der Waals surface area contributed by atoms with Gasteiger partial charge in [-0.3, -0.25) is 106 Å². The number of carbonyl (C=O) groups excluding carboxylic acids is 20. The van der Waals surface area contributed by atoms with Gasteiger partial charge in [-0.25, -0.2) is 4.79 Å². The highest BCUT2D eigenvalue weighted by Crippen LogP contribution is 2.25. The van der Waals surface area contributed by atoms with Crippen LogP contribution in [0.3, 0.4) is 0 Å². The largest absolute Gasteiger partial charge is 0.508 e. The molecule has 0 unspecified atom stereocenters. The Labute approximate surface area is 870 Å². The van der Waals surface area contributed by atoms with Gasteiger partial charge in [-0.15, -0.1) is 0 Å². The quantitative estimate of drug-likeness (QED) is 0.0166. The number of nitrogens with zero attached hydrogens (tertiary/aromatic N) is 2. The summed E-state index contributed by atoms with van der Waals surface area (Å²) in [7, 11) is 0. The van der Waals surface area contributed by atoms with Gasteiger partial charge in [0.1, 0.15) is 114 Å². The Hall–Kier alpha value is -14.5. The van der Waals surface area contributed by atoms with Crippen LogP contribution in [-0.4, -0.2) is 333 Å². The zero-order chi connectivity index (χ0) is 113. The average molecular weight is 2120 g/mol. The maximum absolute atomic E-state index is 14.8. The second kappa shape index (κ2) is 64.7. The summed E-state index contributed by atoms with van der Waals surface area (Å²) >= 11 is 0. The first kappa shape index (κ1) is 128. The van der Waals surface area contributed by atoms with Crippen molar-refractivity contribution >= 4 is 136 Å². The minimum absolute atomic E-state index is 0.0144. The number of guanidine groups is 1. The standard InChI is InChI=1S/C97H156N26O27/c1-13-53(10)79(121-89(142)64(40-50(4)5)114-86(139)63(39-49(2)3)113-84(137)61(22-15-17-35-99)111-90(143)70-24-19-37-122(70)94(147)55(12)108-83(136)60(21-14-16-34-98)109-73(128)45-100)93(146)116-65(41-56-26-30-58(125)31-27-56)81(134)105-46-74(129)107-54(11)80(133)112-67(43-72(101)127)88(141)115-66(42-57-28-32-59(126)33-29-57)87(140)110-62(23-18-36-104-97(102)103)85(138)120-77(51(6)7)92(145)117-68(44-76(131)132)82(135)106-47-75(130)119-78(52(8)9)95(148)123-38-20-25-71(123)91(144)118-69(48-124)96(149)150/h26-33,49-55,60-71,77-79,124-126H,13-25,34-48,98-100H2,1-12H3,(H2,101,127)(H,105,134)(H,106,135)(H,107,129)(H,108,136)(H,109,128)(H,110,140)(H,111,143)(H,112,133)(H,113,137)(H,114,139)(H,115,141)(H,116,146)(H,117,145)(H,118,144)(H,119,130)(H,120,138)(H,121,142)(H,131,132)(H,149,150)(H4,102,103,104)/t53-,54-,55-,60-,61-,62-,63-,64-,65-,66-,67-,68-,69-,70-,71-,77-,78-,79-/m0/s1. The summed E-state index contributed by atoms with van der Waals surface area (Å²) < 4.78 is 0. The van der Waals surface area contributed by atoms with Crippen LogP contribution in [0.5, 0.6) is 11.5 Å². The lowest BCUT2D eigenvalue weighted by atomic mass is 9.95. The van der Waals surface area contributed by atoms with E-state index >= 15 is 0 Å². The van der Waals surface area contributed by atoms with E-state index in [1.807, 2.05) is 0 Å². The molecule has 18 atom stereocenters. The highest BCUT2D eigenvalue weighted by molar-refractivity contribution is 6.03. The molecule has 0 radical (unpaired) electrons. The van der Waals surface area contributed by atoms with E-state index in [0.717, 1.165) is 11.8 Å². The third kappa shape index (κ3) is 44.1. The summed E-state index contributed by atoms with van der Waals surface area (Å²) in [6, 6.07) is -14.5. The number of hydrogen-bond acceptors (Lipinski definition) is 29. The first-order valence-electron chi connectivity index (χ1n) is 50.4. The van der Waals surface area contributed by atoms with Crippen LogP contribution in [0.15, 0.2) is 48.5 Å². The monoisotopic (exact) mass is 2120 g/mol. The van der Waals surface area contributed by atoms with Crippen molar-refractivity contribution in [2.24, 2.45) is 58.3 Å². The summed E-state index contributed by atoms with van der Waals surface area (Å²) in [5, 5.41) is 102. The zero-order valence-corrected chi connectivity index (χ0v) is 87.1. The number of aliphatic carboxylic acids is 2. The fourth-order valence-electron chi connectivity index (χ4n) is 16.4. The van der Waals surface area contributed by atoms with Crippen molar-refractivity contribution in [1.82, 2.24) is 106 Å². The van der Waals surface area contributed by atoms with E-state index in [1.165, 1.54) is 74.2 Å². The number of nitrogens with one attached hydrogen (secondary N) is 19. The molecule has 150 heavy (non-hydrogen) atoms. The minimum atomic E-state index is -1.96. The minimum Gasteiger partial charge on any atom is -0.508 e. The molecule has 0 spiro atoms. The SMILES string of the molecule is CC[C@H](C)[C@H](NC(=O)[C@H](CC(C)C)NC(=O)[C@H](CC(C)C)NC(=O)[C@H](CCCCN)NC(=O)[C@@H]1CCCN1C(=O)[C@H](C)NC(=O)[C@H](CCCCN)NC(=O)CN)C(=O)N[C@@H](Cc1ccc(O)cc1)C(=O)NCC(=O)N[C@@H](C)C(=O)N[C@@H](CC(N)=O)C(=O)N[C@@H](Cc1ccc(O)cc1)C(=O)N[C@@H](CCCNC(=N)N)C(=O)N[C@H](C(=O)N[C@@H](CC(=O)O)C(=O)NCC(=O)N[C@H](C(=O)N1CCC[C@H]1C(=O)N[C@@H](CO)C(=O)O)C(C)C)C(C)C. The Morgan fingerprint density at radius 3 is 1.24 bits per heavy atom. The molecule has 53 heteroatoms. The number of phenolic OH excluding ortho intramolecular Hbond substituents is 2. The molecule has 20 amide bonds. The molecule has 0 aliphatic carbocycles. The van der Waals surface area contributed by atoms with Gasteiger partial charge in [-0.2, -0.15) is 0 Å². The number of amides is 20. The highest BCUT2D eigenvalue weighted by Gasteiger charge is 2.45. The lowest BCUT2D eigenvalue weighted by Crippen LogP contribution is -2.61. The van der Waals surface area contributed by atoms with Gasteiger partial charge in [0.25, 0.3) is 0 Å². The van der Waals surface area contributed by atoms with Crippen molar-refractivity contribution in [3.63, 3.8) is 0 Å². The van der Waals surface area contributed by atoms with Gasteiger partial charge in [0.2, 0.25) is 118 Å². The number of aliphatic hydroxyl groups excluding tert-OH is 1. The molecule has 0 aromatic heterocycles. The Kier molecular flexibility index (Phi) is 55.1. The Morgan fingerprint density at radius 2 is 0.773 bits per heavy atom. The molecular formula is C97H156N26O27. The number of aliphatic hydroxyl groups is 1. The Morgan fingerprint density at radius 1 is 0.387 bits per heavy atom. The van der Waals surface area contributed by atoms with Gasteiger partial charge in [-0.1, -0.05) is 99.9 Å². The fourth-order valence-corrected chi connectivity index (χ4v) is 16.4. The predicted octanol–water partition coefficient (Wildman–Crippen LogP) is -7.23. The molecule has 2 aliphatic rings. The molecule has 2 aromatic carbocycles. The van der Waals surface area contributed by atoms with Crippen LogP contribution < -0.4 is 124 Å². The maximum Gasteiger partial charge on any atom is 0.328 e. The molecule has 0 bridgehead atoms. The molecule has 2 aliphatic heterocycles. The van der Waals surface area contributed by atoms with Gasteiger partial charge in [-0.05, 0) is 182 Å². The second-order valence-corrected chi connectivity index (χ2v) is 38.9. The van der Waals surface area contributed by atoms with Crippen molar-refractivity contribution in [1.29, 1.82) is 5.41 Å². The topological polar surface area (TPSA) is 854 Å². The van der Waals surface area contributed by atoms with E-state index in [2.05, 4.69) is 95.7 Å². The number of aromatic hydroxyl groups is 2. The number of carboxylic acids is 2. The number of hydrogen-bond donors (Lipinski definition) is 29. The lowest BCUT2D eigenvalue weighted by Gasteiger charge is -2.31.